The first-order chi connectivity index (χ1) is 11.1. The van der Waals surface area contributed by atoms with Crippen molar-refractivity contribution in [2.45, 2.75) is 6.92 Å². The van der Waals surface area contributed by atoms with Crippen LogP contribution in [0.3, 0.4) is 0 Å². The van der Waals surface area contributed by atoms with Gasteiger partial charge in [-0.1, -0.05) is 45.7 Å². The van der Waals surface area contributed by atoms with Gasteiger partial charge in [0.1, 0.15) is 0 Å². The van der Waals surface area contributed by atoms with Crippen LogP contribution >= 0.6 is 27.5 Å². The van der Waals surface area contributed by atoms with E-state index >= 15 is 0 Å². The number of hydrogen-bond acceptors (Lipinski definition) is 5. The molecule has 3 rings (SSSR count). The molecule has 0 amide bonds. The molecule has 0 fully saturated rings. The number of hydrogen-bond donors (Lipinski definition) is 2. The predicted molar refractivity (Wildman–Crippen MR) is 96.7 cm³/mol. The van der Waals surface area contributed by atoms with E-state index in [1.54, 1.807) is 6.20 Å². The Labute approximate surface area is 147 Å². The van der Waals surface area contributed by atoms with E-state index in [4.69, 9.17) is 11.6 Å². The van der Waals surface area contributed by atoms with Gasteiger partial charge in [0.25, 0.3) is 0 Å². The van der Waals surface area contributed by atoms with Crippen molar-refractivity contribution in [2.24, 2.45) is 0 Å². The van der Waals surface area contributed by atoms with Crippen molar-refractivity contribution in [2.75, 3.05) is 10.6 Å². The Morgan fingerprint density at radius 1 is 1.09 bits per heavy atom. The molecule has 116 valence electrons. The number of benzene rings is 2. The Morgan fingerprint density at radius 2 is 1.91 bits per heavy atom. The molecule has 0 unspecified atom stereocenters. The molecule has 0 saturated carbocycles. The summed E-state index contributed by atoms with van der Waals surface area (Å²) < 4.78 is 1.01. The highest BCUT2D eigenvalue weighted by molar-refractivity contribution is 9.10. The lowest BCUT2D eigenvalue weighted by atomic mass is 10.2. The lowest BCUT2D eigenvalue weighted by Gasteiger charge is -2.09. The van der Waals surface area contributed by atoms with E-state index in [0.717, 1.165) is 21.4 Å². The van der Waals surface area contributed by atoms with Gasteiger partial charge in [0, 0.05) is 10.2 Å². The van der Waals surface area contributed by atoms with Gasteiger partial charge < -0.3 is 10.6 Å². The smallest absolute Gasteiger partial charge is 0.249 e. The molecule has 7 heteroatoms. The van der Waals surface area contributed by atoms with Gasteiger partial charge in [-0.05, 0) is 36.8 Å². The fourth-order valence-electron chi connectivity index (χ4n) is 1.92. The minimum Gasteiger partial charge on any atom is -0.338 e. The molecule has 1 heterocycles. The molecular weight excluding hydrogens is 378 g/mol. The van der Waals surface area contributed by atoms with Crippen LogP contribution in [0.1, 0.15) is 5.56 Å². The van der Waals surface area contributed by atoms with Gasteiger partial charge in [-0.3, -0.25) is 0 Å². The summed E-state index contributed by atoms with van der Waals surface area (Å²) in [6, 6.07) is 13.4. The largest absolute Gasteiger partial charge is 0.338 e. The van der Waals surface area contributed by atoms with E-state index in [2.05, 4.69) is 41.7 Å². The van der Waals surface area contributed by atoms with Crippen LogP contribution < -0.4 is 10.6 Å². The quantitative estimate of drug-likeness (QED) is 0.650. The third-order valence-corrected chi connectivity index (χ3v) is 4.31. The third-order valence-electron chi connectivity index (χ3n) is 3.12. The van der Waals surface area contributed by atoms with Gasteiger partial charge in [0.15, 0.2) is 5.82 Å². The van der Waals surface area contributed by atoms with Gasteiger partial charge in [0.05, 0.1) is 16.9 Å². The highest BCUT2D eigenvalue weighted by atomic mass is 79.9. The SMILES string of the molecule is Cc1ccc(Nc2nncc(Nc3ccccc3Cl)n2)cc1Br. The zero-order valence-corrected chi connectivity index (χ0v) is 14.6. The van der Waals surface area contributed by atoms with Crippen LogP contribution in [0.2, 0.25) is 5.02 Å². The first-order valence-corrected chi connectivity index (χ1v) is 8.03. The molecule has 0 bridgehead atoms. The summed E-state index contributed by atoms with van der Waals surface area (Å²) in [5, 5.41) is 14.8. The molecule has 3 aromatic rings. The summed E-state index contributed by atoms with van der Waals surface area (Å²) in [4.78, 5) is 4.39. The minimum absolute atomic E-state index is 0.401. The first-order valence-electron chi connectivity index (χ1n) is 6.86. The zero-order chi connectivity index (χ0) is 16.2. The van der Waals surface area contributed by atoms with Crippen molar-refractivity contribution in [1.29, 1.82) is 0 Å². The van der Waals surface area contributed by atoms with Crippen LogP contribution in [-0.4, -0.2) is 15.2 Å². The molecule has 2 aromatic carbocycles. The topological polar surface area (TPSA) is 62.7 Å². The van der Waals surface area contributed by atoms with Crippen molar-refractivity contribution in [3.05, 3.63) is 63.7 Å². The highest BCUT2D eigenvalue weighted by Gasteiger charge is 2.05. The van der Waals surface area contributed by atoms with Crippen molar-refractivity contribution >= 4 is 50.7 Å². The number of anilines is 4. The lowest BCUT2D eigenvalue weighted by Crippen LogP contribution is -2.02. The van der Waals surface area contributed by atoms with Crippen molar-refractivity contribution in [1.82, 2.24) is 15.2 Å². The van der Waals surface area contributed by atoms with E-state index < -0.39 is 0 Å². The Balaban J connectivity index is 1.79. The number of para-hydroxylation sites is 1. The van der Waals surface area contributed by atoms with Crippen molar-refractivity contribution in [3.63, 3.8) is 0 Å². The Kier molecular flexibility index (Phi) is 4.73. The minimum atomic E-state index is 0.401. The normalized spacial score (nSPS) is 10.4. The predicted octanol–water partition coefficient (Wildman–Crippen LogP) is 5.08. The van der Waals surface area contributed by atoms with Gasteiger partial charge in [-0.2, -0.15) is 10.1 Å². The summed E-state index contributed by atoms with van der Waals surface area (Å²) >= 11 is 9.63. The number of halogens is 2. The first kappa shape index (κ1) is 15.7. The number of nitrogens with one attached hydrogen (secondary N) is 2. The molecule has 23 heavy (non-hydrogen) atoms. The van der Waals surface area contributed by atoms with E-state index in [1.807, 2.05) is 49.4 Å². The summed E-state index contributed by atoms with van der Waals surface area (Å²) in [5.74, 6) is 0.958. The molecule has 0 aliphatic heterocycles. The summed E-state index contributed by atoms with van der Waals surface area (Å²) in [5.41, 5.74) is 2.79. The second-order valence-corrected chi connectivity index (χ2v) is 6.12. The summed E-state index contributed by atoms with van der Waals surface area (Å²) in [7, 11) is 0. The van der Waals surface area contributed by atoms with Crippen LogP contribution in [0.5, 0.6) is 0 Å². The van der Waals surface area contributed by atoms with Gasteiger partial charge in [-0.15, -0.1) is 5.10 Å². The standard InChI is InChI=1S/C16H13BrClN5/c1-10-6-7-11(8-12(10)17)20-16-22-15(9-19-23-16)21-14-5-3-2-4-13(14)18/h2-9H,1H3,(H2,20,21,22,23). The van der Waals surface area contributed by atoms with Crippen LogP contribution in [-0.2, 0) is 0 Å². The molecule has 0 aliphatic carbocycles. The molecule has 0 aliphatic rings. The maximum absolute atomic E-state index is 6.13. The maximum atomic E-state index is 6.13. The van der Waals surface area contributed by atoms with Crippen LogP contribution in [0.15, 0.2) is 53.1 Å². The number of rotatable bonds is 4. The summed E-state index contributed by atoms with van der Waals surface area (Å²) in [6.45, 7) is 2.03. The number of aryl methyl sites for hydroxylation is 1. The second kappa shape index (κ2) is 6.93. The van der Waals surface area contributed by atoms with Crippen molar-refractivity contribution in [3.8, 4) is 0 Å². The molecule has 1 aromatic heterocycles. The summed E-state index contributed by atoms with van der Waals surface area (Å²) in [6.07, 6.45) is 1.54. The highest BCUT2D eigenvalue weighted by Crippen LogP contribution is 2.25. The molecular formula is C16H13BrClN5. The zero-order valence-electron chi connectivity index (χ0n) is 12.2. The number of aromatic nitrogens is 3. The van der Waals surface area contributed by atoms with Gasteiger partial charge >= 0.3 is 0 Å². The number of nitrogens with zero attached hydrogens (tertiary/aromatic N) is 3. The van der Waals surface area contributed by atoms with Crippen LogP contribution in [0, 0.1) is 6.92 Å². The van der Waals surface area contributed by atoms with E-state index in [1.165, 1.54) is 0 Å². The Morgan fingerprint density at radius 3 is 2.70 bits per heavy atom. The van der Waals surface area contributed by atoms with Crippen LogP contribution in [0.25, 0.3) is 0 Å². The Hall–Kier alpha value is -2.18. The molecule has 0 saturated heterocycles. The fraction of sp³-hybridized carbons (Fsp3) is 0.0625. The maximum Gasteiger partial charge on any atom is 0.249 e. The Bertz CT molecular complexity index is 840. The van der Waals surface area contributed by atoms with Crippen LogP contribution in [0.4, 0.5) is 23.1 Å². The van der Waals surface area contributed by atoms with Crippen molar-refractivity contribution < 1.29 is 0 Å². The average molecular weight is 391 g/mol. The van der Waals surface area contributed by atoms with Gasteiger partial charge in [0.2, 0.25) is 5.95 Å². The third kappa shape index (κ3) is 3.97. The molecule has 2 N–H and O–H groups in total. The average Bonchev–Trinajstić information content (AvgIpc) is 2.54. The second-order valence-electron chi connectivity index (χ2n) is 4.86. The van der Waals surface area contributed by atoms with E-state index in [0.29, 0.717) is 16.8 Å². The van der Waals surface area contributed by atoms with E-state index in [9.17, 15) is 0 Å². The molecule has 0 radical (unpaired) electrons. The monoisotopic (exact) mass is 389 g/mol. The molecule has 0 atom stereocenters. The molecule has 5 nitrogen and oxygen atoms in total. The van der Waals surface area contributed by atoms with Gasteiger partial charge in [-0.25, -0.2) is 0 Å². The molecule has 0 spiro atoms. The fourth-order valence-corrected chi connectivity index (χ4v) is 2.48. The van der Waals surface area contributed by atoms with E-state index in [-0.39, 0.29) is 0 Å². The lowest BCUT2D eigenvalue weighted by molar-refractivity contribution is 0.982.